The number of carbonyl (C=O) groups excluding carboxylic acids is 1. The lowest BCUT2D eigenvalue weighted by molar-refractivity contribution is 0.0526. The fourth-order valence-corrected chi connectivity index (χ4v) is 4.66. The van der Waals surface area contributed by atoms with Crippen LogP contribution in [-0.4, -0.2) is 40.1 Å². The summed E-state index contributed by atoms with van der Waals surface area (Å²) in [6, 6.07) is 24.8. The normalized spacial score (nSPS) is 10.5. The number of ether oxygens (including phenoxy) is 2. The molecule has 8 heteroatoms. The SMILES string of the molecule is C#Cc1nc2ccccc2c(N(C)S(=O)(=O)c2ccc(OC)cc2)c1C(=O)OCC.c1ccccc1. The third-order valence-electron chi connectivity index (χ3n) is 5.18. The van der Waals surface area contributed by atoms with Crippen LogP contribution in [0.1, 0.15) is 23.0 Å². The Bertz CT molecular complexity index is 1450. The van der Waals surface area contributed by atoms with Gasteiger partial charge in [-0.3, -0.25) is 4.31 Å². The number of pyridine rings is 1. The van der Waals surface area contributed by atoms with Crippen LogP contribution in [0.2, 0.25) is 0 Å². The summed E-state index contributed by atoms with van der Waals surface area (Å²) in [6.07, 6.45) is 5.59. The van der Waals surface area contributed by atoms with Gasteiger partial charge in [0.2, 0.25) is 0 Å². The second kappa shape index (κ2) is 11.9. The van der Waals surface area contributed by atoms with Crippen molar-refractivity contribution < 1.29 is 22.7 Å². The number of rotatable bonds is 6. The van der Waals surface area contributed by atoms with Gasteiger partial charge in [0.15, 0.2) is 0 Å². The minimum atomic E-state index is -4.03. The van der Waals surface area contributed by atoms with E-state index in [2.05, 4.69) is 10.9 Å². The third-order valence-corrected chi connectivity index (χ3v) is 6.95. The zero-order valence-electron chi connectivity index (χ0n) is 20.2. The van der Waals surface area contributed by atoms with Crippen molar-refractivity contribution in [2.45, 2.75) is 11.8 Å². The zero-order chi connectivity index (χ0) is 26.1. The van der Waals surface area contributed by atoms with E-state index in [1.54, 1.807) is 43.3 Å². The van der Waals surface area contributed by atoms with Crippen molar-refractivity contribution in [2.24, 2.45) is 0 Å². The molecule has 0 saturated carbocycles. The number of aromatic nitrogens is 1. The molecule has 0 unspecified atom stereocenters. The van der Waals surface area contributed by atoms with E-state index in [0.717, 1.165) is 4.31 Å². The highest BCUT2D eigenvalue weighted by Crippen LogP contribution is 2.35. The molecule has 0 aliphatic heterocycles. The average molecular weight is 503 g/mol. The van der Waals surface area contributed by atoms with Crippen LogP contribution in [0.5, 0.6) is 5.75 Å². The summed E-state index contributed by atoms with van der Waals surface area (Å²) < 4.78 is 38.0. The first kappa shape index (κ1) is 26.3. The van der Waals surface area contributed by atoms with Crippen molar-refractivity contribution in [2.75, 3.05) is 25.1 Å². The molecule has 0 aliphatic rings. The fraction of sp³-hybridized carbons (Fsp3) is 0.143. The number of para-hydroxylation sites is 1. The van der Waals surface area contributed by atoms with E-state index in [1.165, 1.54) is 26.3 Å². The Morgan fingerprint density at radius 3 is 2.08 bits per heavy atom. The third kappa shape index (κ3) is 5.65. The van der Waals surface area contributed by atoms with Gasteiger partial charge in [-0.15, -0.1) is 6.42 Å². The molecule has 0 aliphatic carbocycles. The predicted octanol–water partition coefficient (Wildman–Crippen LogP) is 4.91. The molecule has 7 nitrogen and oxygen atoms in total. The number of terminal acetylenes is 1. The van der Waals surface area contributed by atoms with Gasteiger partial charge in [-0.2, -0.15) is 0 Å². The number of anilines is 1. The van der Waals surface area contributed by atoms with Crippen LogP contribution in [0.3, 0.4) is 0 Å². The van der Waals surface area contributed by atoms with Crippen LogP contribution in [0.15, 0.2) is 89.8 Å². The Morgan fingerprint density at radius 1 is 0.972 bits per heavy atom. The van der Waals surface area contributed by atoms with Crippen molar-refractivity contribution in [1.29, 1.82) is 0 Å². The summed E-state index contributed by atoms with van der Waals surface area (Å²) in [5, 5.41) is 0.458. The number of hydrogen-bond donors (Lipinski definition) is 0. The second-order valence-corrected chi connectivity index (χ2v) is 9.34. The van der Waals surface area contributed by atoms with Gasteiger partial charge in [0.05, 0.1) is 29.8 Å². The Morgan fingerprint density at radius 2 is 1.56 bits per heavy atom. The molecule has 0 bridgehead atoms. The van der Waals surface area contributed by atoms with Crippen molar-refractivity contribution in [3.63, 3.8) is 0 Å². The summed E-state index contributed by atoms with van der Waals surface area (Å²) in [5.41, 5.74) is 0.518. The molecule has 4 rings (SSSR count). The van der Waals surface area contributed by atoms with Crippen molar-refractivity contribution in [1.82, 2.24) is 4.98 Å². The van der Waals surface area contributed by atoms with Crippen molar-refractivity contribution >= 4 is 32.6 Å². The molecule has 4 aromatic rings. The smallest absolute Gasteiger partial charge is 0.343 e. The van der Waals surface area contributed by atoms with E-state index < -0.39 is 16.0 Å². The molecular weight excluding hydrogens is 476 g/mol. The Kier molecular flexibility index (Phi) is 8.66. The number of methoxy groups -OCH3 is 1. The van der Waals surface area contributed by atoms with E-state index in [0.29, 0.717) is 16.7 Å². The highest BCUT2D eigenvalue weighted by Gasteiger charge is 2.30. The number of hydrogen-bond acceptors (Lipinski definition) is 6. The van der Waals surface area contributed by atoms with Gasteiger partial charge in [0.1, 0.15) is 17.0 Å². The lowest BCUT2D eigenvalue weighted by Crippen LogP contribution is -2.29. The predicted molar refractivity (Wildman–Crippen MR) is 141 cm³/mol. The molecule has 184 valence electrons. The Labute approximate surface area is 211 Å². The molecule has 0 fully saturated rings. The Hall–Kier alpha value is -4.35. The topological polar surface area (TPSA) is 85.8 Å². The number of carbonyl (C=O) groups is 1. The van der Waals surface area contributed by atoms with E-state index in [9.17, 15) is 13.2 Å². The van der Waals surface area contributed by atoms with Crippen molar-refractivity contribution in [3.8, 4) is 18.1 Å². The van der Waals surface area contributed by atoms with E-state index >= 15 is 0 Å². The molecule has 0 spiro atoms. The van der Waals surface area contributed by atoms with E-state index in [1.807, 2.05) is 36.4 Å². The van der Waals surface area contributed by atoms with Crippen LogP contribution in [0.25, 0.3) is 10.9 Å². The summed E-state index contributed by atoms with van der Waals surface area (Å²) in [6.45, 7) is 1.75. The van der Waals surface area contributed by atoms with Gasteiger partial charge in [0.25, 0.3) is 10.0 Å². The molecule has 1 heterocycles. The number of nitrogens with zero attached hydrogens (tertiary/aromatic N) is 2. The maximum Gasteiger partial charge on any atom is 0.343 e. The standard InChI is InChI=1S/C22H20N2O5S.C6H6/c1-5-18-20(22(25)29-6-2)21(17-9-7-8-10-19(17)23-18)24(3)30(26,27)16-13-11-15(28-4)12-14-16;1-2-4-6-5-3-1/h1,7-14H,6H2,2-4H3;1-6H. The molecule has 0 radical (unpaired) electrons. The quantitative estimate of drug-likeness (QED) is 0.275. The minimum Gasteiger partial charge on any atom is -0.497 e. The van der Waals surface area contributed by atoms with Crippen molar-refractivity contribution in [3.05, 3.63) is 96.2 Å². The van der Waals surface area contributed by atoms with Gasteiger partial charge in [-0.25, -0.2) is 18.2 Å². The molecule has 3 aromatic carbocycles. The monoisotopic (exact) mass is 502 g/mol. The first-order chi connectivity index (χ1) is 17.3. The summed E-state index contributed by atoms with van der Waals surface area (Å²) in [5.74, 6) is 2.16. The number of esters is 1. The van der Waals surface area contributed by atoms with Gasteiger partial charge >= 0.3 is 5.97 Å². The highest BCUT2D eigenvalue weighted by atomic mass is 32.2. The van der Waals surface area contributed by atoms with Crippen LogP contribution in [0.4, 0.5) is 5.69 Å². The van der Waals surface area contributed by atoms with E-state index in [4.69, 9.17) is 15.9 Å². The second-order valence-electron chi connectivity index (χ2n) is 7.37. The maximum atomic E-state index is 13.4. The first-order valence-corrected chi connectivity index (χ1v) is 12.5. The van der Waals surface area contributed by atoms with Crippen LogP contribution in [-0.2, 0) is 14.8 Å². The molecule has 0 saturated heterocycles. The van der Waals surface area contributed by atoms with Gasteiger partial charge < -0.3 is 9.47 Å². The Balaban J connectivity index is 0.000000526. The fourth-order valence-electron chi connectivity index (χ4n) is 3.43. The van der Waals surface area contributed by atoms with Gasteiger partial charge in [-0.05, 0) is 43.2 Å². The van der Waals surface area contributed by atoms with Crippen LogP contribution < -0.4 is 9.04 Å². The van der Waals surface area contributed by atoms with Crippen LogP contribution >= 0.6 is 0 Å². The highest BCUT2D eigenvalue weighted by molar-refractivity contribution is 7.92. The van der Waals surface area contributed by atoms with E-state index in [-0.39, 0.29) is 28.4 Å². The number of benzene rings is 3. The lowest BCUT2D eigenvalue weighted by Gasteiger charge is -2.24. The average Bonchev–Trinajstić information content (AvgIpc) is 2.92. The molecule has 1 aromatic heterocycles. The summed E-state index contributed by atoms with van der Waals surface area (Å²) in [7, 11) is -1.17. The largest absolute Gasteiger partial charge is 0.497 e. The molecule has 0 atom stereocenters. The summed E-state index contributed by atoms with van der Waals surface area (Å²) >= 11 is 0. The zero-order valence-corrected chi connectivity index (χ0v) is 21.0. The molecule has 36 heavy (non-hydrogen) atoms. The molecule has 0 N–H and O–H groups in total. The number of sulfonamides is 1. The van der Waals surface area contributed by atoms with Crippen LogP contribution in [0, 0.1) is 12.3 Å². The lowest BCUT2D eigenvalue weighted by atomic mass is 10.1. The number of fused-ring (bicyclic) bond motifs is 1. The molecule has 0 amide bonds. The first-order valence-electron chi connectivity index (χ1n) is 11.0. The minimum absolute atomic E-state index is 0.0129. The molecular formula is C28H26N2O5S. The summed E-state index contributed by atoms with van der Waals surface area (Å²) in [4.78, 5) is 17.1. The van der Waals surface area contributed by atoms with Gasteiger partial charge in [0, 0.05) is 12.4 Å². The maximum absolute atomic E-state index is 13.4. The van der Waals surface area contributed by atoms with Gasteiger partial charge in [-0.1, -0.05) is 54.6 Å².